The molecule has 0 aliphatic carbocycles. The van der Waals surface area contributed by atoms with Gasteiger partial charge >= 0.3 is 0 Å². The van der Waals surface area contributed by atoms with Crippen LogP contribution in [0, 0.1) is 0 Å². The van der Waals surface area contributed by atoms with Crippen molar-refractivity contribution in [3.05, 3.63) is 48.5 Å². The third kappa shape index (κ3) is 2.64. The summed E-state index contributed by atoms with van der Waals surface area (Å²) < 4.78 is 22.1. The van der Waals surface area contributed by atoms with Crippen molar-refractivity contribution in [2.75, 3.05) is 0 Å². The summed E-state index contributed by atoms with van der Waals surface area (Å²) in [5.41, 5.74) is 1.62. The van der Waals surface area contributed by atoms with Gasteiger partial charge in [0.2, 0.25) is 10.0 Å². The number of aromatic hydroxyl groups is 1. The molecule has 0 aromatic heterocycles. The number of primary sulfonamides is 1. The Labute approximate surface area is 99.4 Å². The number of hydrogen-bond donors (Lipinski definition) is 2. The SMILES string of the molecule is NS(=O)(=O)c1ccc(-c2cccc(O)c2)cc1. The van der Waals surface area contributed by atoms with E-state index in [4.69, 9.17) is 5.14 Å². The molecule has 0 aliphatic heterocycles. The first-order valence-electron chi connectivity index (χ1n) is 4.89. The first-order chi connectivity index (χ1) is 7.97. The minimum Gasteiger partial charge on any atom is -0.508 e. The molecule has 0 unspecified atom stereocenters. The van der Waals surface area contributed by atoms with Crippen molar-refractivity contribution in [3.63, 3.8) is 0 Å². The Bertz CT molecular complexity index is 633. The van der Waals surface area contributed by atoms with E-state index in [2.05, 4.69) is 0 Å². The van der Waals surface area contributed by atoms with E-state index in [1.165, 1.54) is 12.1 Å². The molecule has 0 heterocycles. The van der Waals surface area contributed by atoms with Crippen LogP contribution in [0.4, 0.5) is 0 Å². The number of benzene rings is 2. The molecule has 5 heteroatoms. The van der Waals surface area contributed by atoms with E-state index in [1.54, 1.807) is 30.3 Å². The number of phenolic OH excluding ortho intramolecular Hbond substituents is 1. The van der Waals surface area contributed by atoms with Gasteiger partial charge in [0.15, 0.2) is 0 Å². The fourth-order valence-electron chi connectivity index (χ4n) is 1.52. The Morgan fingerprint density at radius 1 is 0.941 bits per heavy atom. The van der Waals surface area contributed by atoms with E-state index in [0.29, 0.717) is 0 Å². The first kappa shape index (κ1) is 11.6. The van der Waals surface area contributed by atoms with E-state index in [-0.39, 0.29) is 10.6 Å². The molecule has 0 saturated carbocycles. The average molecular weight is 249 g/mol. The van der Waals surface area contributed by atoms with Crippen LogP contribution in [0.1, 0.15) is 0 Å². The third-order valence-corrected chi connectivity index (χ3v) is 3.29. The van der Waals surface area contributed by atoms with Gasteiger partial charge in [-0.3, -0.25) is 0 Å². The van der Waals surface area contributed by atoms with Crippen LogP contribution in [0.15, 0.2) is 53.4 Å². The summed E-state index contributed by atoms with van der Waals surface area (Å²) in [6.07, 6.45) is 0. The van der Waals surface area contributed by atoms with Gasteiger partial charge in [-0.25, -0.2) is 13.6 Å². The fraction of sp³-hybridized carbons (Fsp3) is 0. The molecule has 2 rings (SSSR count). The molecule has 0 bridgehead atoms. The zero-order valence-electron chi connectivity index (χ0n) is 8.87. The third-order valence-electron chi connectivity index (χ3n) is 2.36. The molecule has 0 aliphatic rings. The number of hydrogen-bond acceptors (Lipinski definition) is 3. The van der Waals surface area contributed by atoms with E-state index in [9.17, 15) is 13.5 Å². The Morgan fingerprint density at radius 3 is 2.12 bits per heavy atom. The summed E-state index contributed by atoms with van der Waals surface area (Å²) in [5.74, 6) is 0.165. The van der Waals surface area contributed by atoms with Gasteiger partial charge in [0.25, 0.3) is 0 Å². The molecule has 0 amide bonds. The summed E-state index contributed by atoms with van der Waals surface area (Å²) >= 11 is 0. The van der Waals surface area contributed by atoms with E-state index in [0.717, 1.165) is 11.1 Å². The van der Waals surface area contributed by atoms with Crippen LogP contribution in [0.3, 0.4) is 0 Å². The zero-order valence-corrected chi connectivity index (χ0v) is 9.68. The predicted molar refractivity (Wildman–Crippen MR) is 64.9 cm³/mol. The topological polar surface area (TPSA) is 80.4 Å². The van der Waals surface area contributed by atoms with Gasteiger partial charge in [-0.15, -0.1) is 0 Å². The molecule has 0 atom stereocenters. The largest absolute Gasteiger partial charge is 0.508 e. The van der Waals surface area contributed by atoms with Crippen molar-refractivity contribution in [3.8, 4) is 16.9 Å². The highest BCUT2D eigenvalue weighted by molar-refractivity contribution is 7.89. The molecule has 0 spiro atoms. The molecule has 0 fully saturated rings. The van der Waals surface area contributed by atoms with Gasteiger partial charge in [-0.05, 0) is 35.4 Å². The van der Waals surface area contributed by atoms with Crippen molar-refractivity contribution < 1.29 is 13.5 Å². The van der Waals surface area contributed by atoms with Crippen LogP contribution < -0.4 is 5.14 Å². The molecule has 2 aromatic rings. The molecule has 17 heavy (non-hydrogen) atoms. The van der Waals surface area contributed by atoms with Crippen LogP contribution in [0.5, 0.6) is 5.75 Å². The number of phenols is 1. The molecule has 4 nitrogen and oxygen atoms in total. The van der Waals surface area contributed by atoms with Crippen LogP contribution in [0.2, 0.25) is 0 Å². The lowest BCUT2D eigenvalue weighted by Gasteiger charge is -2.03. The second-order valence-electron chi connectivity index (χ2n) is 3.62. The highest BCUT2D eigenvalue weighted by Crippen LogP contribution is 2.24. The molecule has 0 radical (unpaired) electrons. The fourth-order valence-corrected chi connectivity index (χ4v) is 2.04. The zero-order chi connectivity index (χ0) is 12.5. The van der Waals surface area contributed by atoms with Gasteiger partial charge in [0.1, 0.15) is 5.75 Å². The highest BCUT2D eigenvalue weighted by Gasteiger charge is 2.07. The lowest BCUT2D eigenvalue weighted by Crippen LogP contribution is -2.11. The van der Waals surface area contributed by atoms with E-state index >= 15 is 0 Å². The maximum atomic E-state index is 11.1. The second kappa shape index (κ2) is 4.20. The Morgan fingerprint density at radius 2 is 1.59 bits per heavy atom. The van der Waals surface area contributed by atoms with E-state index in [1.807, 2.05) is 6.07 Å². The monoisotopic (exact) mass is 249 g/mol. The summed E-state index contributed by atoms with van der Waals surface area (Å²) in [6, 6.07) is 12.9. The Balaban J connectivity index is 2.43. The molecule has 88 valence electrons. The Hall–Kier alpha value is -1.85. The van der Waals surface area contributed by atoms with Gasteiger partial charge in [-0.2, -0.15) is 0 Å². The van der Waals surface area contributed by atoms with Crippen LogP contribution in [-0.2, 0) is 10.0 Å². The molecular weight excluding hydrogens is 238 g/mol. The standard InChI is InChI=1S/C12H11NO3S/c13-17(15,16)12-6-4-9(5-7-12)10-2-1-3-11(14)8-10/h1-8,14H,(H2,13,15,16). The maximum Gasteiger partial charge on any atom is 0.238 e. The normalized spacial score (nSPS) is 11.4. The lowest BCUT2D eigenvalue weighted by atomic mass is 10.1. The van der Waals surface area contributed by atoms with Gasteiger partial charge in [0.05, 0.1) is 4.90 Å². The average Bonchev–Trinajstić information content (AvgIpc) is 2.28. The maximum absolute atomic E-state index is 11.1. The number of nitrogens with two attached hydrogens (primary N) is 1. The number of sulfonamides is 1. The first-order valence-corrected chi connectivity index (χ1v) is 6.44. The Kier molecular flexibility index (Phi) is 2.87. The van der Waals surface area contributed by atoms with Gasteiger partial charge < -0.3 is 5.11 Å². The quantitative estimate of drug-likeness (QED) is 0.850. The van der Waals surface area contributed by atoms with Crippen molar-refractivity contribution in [2.45, 2.75) is 4.90 Å². The minimum atomic E-state index is -3.66. The predicted octanol–water partition coefficient (Wildman–Crippen LogP) is 1.71. The van der Waals surface area contributed by atoms with Crippen LogP contribution in [0.25, 0.3) is 11.1 Å². The molecular formula is C12H11NO3S. The molecule has 3 N–H and O–H groups in total. The molecule has 0 saturated heterocycles. The van der Waals surface area contributed by atoms with Crippen molar-refractivity contribution in [1.29, 1.82) is 0 Å². The minimum absolute atomic E-state index is 0.0707. The summed E-state index contributed by atoms with van der Waals surface area (Å²) in [5, 5.41) is 14.3. The van der Waals surface area contributed by atoms with Crippen LogP contribution in [-0.4, -0.2) is 13.5 Å². The van der Waals surface area contributed by atoms with E-state index < -0.39 is 10.0 Å². The summed E-state index contributed by atoms with van der Waals surface area (Å²) in [7, 11) is -3.66. The molecule has 2 aromatic carbocycles. The van der Waals surface area contributed by atoms with Crippen molar-refractivity contribution >= 4 is 10.0 Å². The summed E-state index contributed by atoms with van der Waals surface area (Å²) in [6.45, 7) is 0. The van der Waals surface area contributed by atoms with Crippen LogP contribution >= 0.6 is 0 Å². The smallest absolute Gasteiger partial charge is 0.238 e. The second-order valence-corrected chi connectivity index (χ2v) is 5.18. The van der Waals surface area contributed by atoms with Gasteiger partial charge in [0, 0.05) is 0 Å². The van der Waals surface area contributed by atoms with Crippen molar-refractivity contribution in [2.24, 2.45) is 5.14 Å². The summed E-state index contributed by atoms with van der Waals surface area (Å²) in [4.78, 5) is 0.0707. The lowest BCUT2D eigenvalue weighted by molar-refractivity contribution is 0.475. The highest BCUT2D eigenvalue weighted by atomic mass is 32.2. The number of rotatable bonds is 2. The van der Waals surface area contributed by atoms with Crippen molar-refractivity contribution in [1.82, 2.24) is 0 Å². The van der Waals surface area contributed by atoms with Gasteiger partial charge in [-0.1, -0.05) is 24.3 Å².